The largest absolute Gasteiger partial charge is 0.379 e. The fourth-order valence-corrected chi connectivity index (χ4v) is 2.23. The van der Waals surface area contributed by atoms with Crippen LogP contribution in [0.5, 0.6) is 0 Å². The maximum atomic E-state index is 5.55. The van der Waals surface area contributed by atoms with E-state index in [1.165, 1.54) is 11.1 Å². The second-order valence-electron chi connectivity index (χ2n) is 6.67. The SMILES string of the molecule is COC(C)(C)CCC(CNC(C)C)c1ccc(C)cc1. The van der Waals surface area contributed by atoms with Gasteiger partial charge in [-0.05, 0) is 45.1 Å². The molecule has 20 heavy (non-hydrogen) atoms. The van der Waals surface area contributed by atoms with E-state index in [1.54, 1.807) is 7.11 Å². The number of nitrogens with one attached hydrogen (secondary N) is 1. The second kappa shape index (κ2) is 7.80. The molecule has 1 unspecified atom stereocenters. The van der Waals surface area contributed by atoms with Crippen molar-refractivity contribution in [1.82, 2.24) is 5.32 Å². The second-order valence-corrected chi connectivity index (χ2v) is 6.67. The van der Waals surface area contributed by atoms with Gasteiger partial charge in [-0.3, -0.25) is 0 Å². The van der Waals surface area contributed by atoms with Gasteiger partial charge in [0.2, 0.25) is 0 Å². The molecular weight excluding hydrogens is 246 g/mol. The topological polar surface area (TPSA) is 21.3 Å². The summed E-state index contributed by atoms with van der Waals surface area (Å²) >= 11 is 0. The molecule has 2 nitrogen and oxygen atoms in total. The number of hydrogen-bond acceptors (Lipinski definition) is 2. The molecule has 0 aromatic heterocycles. The van der Waals surface area contributed by atoms with Gasteiger partial charge in [0.05, 0.1) is 5.60 Å². The summed E-state index contributed by atoms with van der Waals surface area (Å²) in [4.78, 5) is 0. The van der Waals surface area contributed by atoms with Crippen molar-refractivity contribution in [3.05, 3.63) is 35.4 Å². The van der Waals surface area contributed by atoms with E-state index in [4.69, 9.17) is 4.74 Å². The molecule has 0 saturated carbocycles. The van der Waals surface area contributed by atoms with Crippen molar-refractivity contribution in [2.45, 2.75) is 65.0 Å². The van der Waals surface area contributed by atoms with Crippen LogP contribution < -0.4 is 5.32 Å². The Balaban J connectivity index is 2.72. The molecule has 0 heterocycles. The Morgan fingerprint density at radius 2 is 1.75 bits per heavy atom. The molecule has 0 spiro atoms. The lowest BCUT2D eigenvalue weighted by atomic mass is 9.89. The van der Waals surface area contributed by atoms with Crippen LogP contribution in [-0.4, -0.2) is 25.3 Å². The molecule has 1 rings (SSSR count). The molecule has 0 amide bonds. The first kappa shape index (κ1) is 17.2. The van der Waals surface area contributed by atoms with Gasteiger partial charge in [-0.2, -0.15) is 0 Å². The molecule has 1 N–H and O–H groups in total. The third-order valence-electron chi connectivity index (χ3n) is 3.97. The molecule has 1 atom stereocenters. The van der Waals surface area contributed by atoms with E-state index in [-0.39, 0.29) is 5.60 Å². The van der Waals surface area contributed by atoms with Gasteiger partial charge < -0.3 is 10.1 Å². The van der Waals surface area contributed by atoms with E-state index in [9.17, 15) is 0 Å². The fraction of sp³-hybridized carbons (Fsp3) is 0.667. The van der Waals surface area contributed by atoms with E-state index in [0.29, 0.717) is 12.0 Å². The first-order chi connectivity index (χ1) is 9.34. The summed E-state index contributed by atoms with van der Waals surface area (Å²) in [5, 5.41) is 3.57. The molecule has 0 aliphatic heterocycles. The monoisotopic (exact) mass is 277 g/mol. The summed E-state index contributed by atoms with van der Waals surface area (Å²) in [6.45, 7) is 11.9. The van der Waals surface area contributed by atoms with Crippen molar-refractivity contribution in [2.75, 3.05) is 13.7 Å². The third-order valence-corrected chi connectivity index (χ3v) is 3.97. The lowest BCUT2D eigenvalue weighted by Crippen LogP contribution is -2.30. The minimum Gasteiger partial charge on any atom is -0.379 e. The fourth-order valence-electron chi connectivity index (χ4n) is 2.23. The van der Waals surface area contributed by atoms with Crippen LogP contribution >= 0.6 is 0 Å². The molecule has 0 saturated heterocycles. The molecule has 1 aromatic carbocycles. The molecule has 0 bridgehead atoms. The van der Waals surface area contributed by atoms with Crippen LogP contribution in [0.1, 0.15) is 57.6 Å². The average Bonchev–Trinajstić information content (AvgIpc) is 2.40. The van der Waals surface area contributed by atoms with Crippen molar-refractivity contribution in [1.29, 1.82) is 0 Å². The van der Waals surface area contributed by atoms with Gasteiger partial charge in [0.1, 0.15) is 0 Å². The number of methoxy groups -OCH3 is 1. The predicted octanol–water partition coefficient (Wildman–Crippen LogP) is 4.28. The molecule has 114 valence electrons. The normalized spacial score (nSPS) is 13.8. The lowest BCUT2D eigenvalue weighted by Gasteiger charge is -2.27. The van der Waals surface area contributed by atoms with Crippen LogP contribution in [0.4, 0.5) is 0 Å². The zero-order chi connectivity index (χ0) is 15.2. The number of hydrogen-bond donors (Lipinski definition) is 1. The van der Waals surface area contributed by atoms with Gasteiger partial charge >= 0.3 is 0 Å². The Labute approximate surface area is 124 Å². The van der Waals surface area contributed by atoms with Crippen LogP contribution in [0.2, 0.25) is 0 Å². The predicted molar refractivity (Wildman–Crippen MR) is 87.4 cm³/mol. The van der Waals surface area contributed by atoms with Crippen LogP contribution in [0, 0.1) is 6.92 Å². The zero-order valence-electron chi connectivity index (χ0n) is 14.0. The molecule has 0 radical (unpaired) electrons. The molecule has 0 fully saturated rings. The van der Waals surface area contributed by atoms with E-state index in [1.807, 2.05) is 0 Å². The first-order valence-corrected chi connectivity index (χ1v) is 7.69. The van der Waals surface area contributed by atoms with E-state index in [0.717, 1.165) is 19.4 Å². The van der Waals surface area contributed by atoms with Crippen LogP contribution in [-0.2, 0) is 4.74 Å². The standard InChI is InChI=1S/C18H31NO/c1-14(2)19-13-17(11-12-18(4,5)20-6)16-9-7-15(3)8-10-16/h7-10,14,17,19H,11-13H2,1-6H3. The van der Waals surface area contributed by atoms with Crippen molar-refractivity contribution in [2.24, 2.45) is 0 Å². The number of aryl methyl sites for hydroxylation is 1. The van der Waals surface area contributed by atoms with Gasteiger partial charge in [0, 0.05) is 19.7 Å². The molecular formula is C18H31NO. The summed E-state index contributed by atoms with van der Waals surface area (Å²) in [6, 6.07) is 9.47. The molecule has 0 aliphatic rings. The highest BCUT2D eigenvalue weighted by atomic mass is 16.5. The lowest BCUT2D eigenvalue weighted by molar-refractivity contribution is 0.0124. The maximum Gasteiger partial charge on any atom is 0.0623 e. The van der Waals surface area contributed by atoms with Crippen LogP contribution in [0.25, 0.3) is 0 Å². The Hall–Kier alpha value is -0.860. The summed E-state index contributed by atoms with van der Waals surface area (Å²) in [5.41, 5.74) is 2.71. The third kappa shape index (κ3) is 6.06. The highest BCUT2D eigenvalue weighted by Gasteiger charge is 2.20. The van der Waals surface area contributed by atoms with Crippen molar-refractivity contribution in [3.63, 3.8) is 0 Å². The summed E-state index contributed by atoms with van der Waals surface area (Å²) < 4.78 is 5.55. The number of benzene rings is 1. The Bertz CT molecular complexity index is 381. The van der Waals surface area contributed by atoms with Crippen LogP contribution in [0.3, 0.4) is 0 Å². The summed E-state index contributed by atoms with van der Waals surface area (Å²) in [7, 11) is 1.80. The minimum atomic E-state index is -0.0409. The van der Waals surface area contributed by atoms with Gasteiger partial charge in [-0.25, -0.2) is 0 Å². The van der Waals surface area contributed by atoms with Gasteiger partial charge in [0.15, 0.2) is 0 Å². The van der Waals surface area contributed by atoms with Gasteiger partial charge in [0.25, 0.3) is 0 Å². The first-order valence-electron chi connectivity index (χ1n) is 7.69. The molecule has 2 heteroatoms. The molecule has 0 aliphatic carbocycles. The molecule has 1 aromatic rings. The number of rotatable bonds is 8. The average molecular weight is 277 g/mol. The highest BCUT2D eigenvalue weighted by Crippen LogP contribution is 2.26. The Morgan fingerprint density at radius 3 is 2.25 bits per heavy atom. The van der Waals surface area contributed by atoms with Gasteiger partial charge in [-0.1, -0.05) is 43.7 Å². The highest BCUT2D eigenvalue weighted by molar-refractivity contribution is 5.24. The van der Waals surface area contributed by atoms with Crippen molar-refractivity contribution < 1.29 is 4.74 Å². The van der Waals surface area contributed by atoms with Crippen molar-refractivity contribution in [3.8, 4) is 0 Å². The van der Waals surface area contributed by atoms with E-state index >= 15 is 0 Å². The number of ether oxygens (including phenoxy) is 1. The van der Waals surface area contributed by atoms with Crippen molar-refractivity contribution >= 4 is 0 Å². The summed E-state index contributed by atoms with van der Waals surface area (Å²) in [5.74, 6) is 0.549. The Morgan fingerprint density at radius 1 is 1.15 bits per heavy atom. The minimum absolute atomic E-state index is 0.0409. The van der Waals surface area contributed by atoms with Gasteiger partial charge in [-0.15, -0.1) is 0 Å². The van der Waals surface area contributed by atoms with E-state index in [2.05, 4.69) is 64.2 Å². The van der Waals surface area contributed by atoms with Crippen LogP contribution in [0.15, 0.2) is 24.3 Å². The maximum absolute atomic E-state index is 5.55. The zero-order valence-corrected chi connectivity index (χ0v) is 14.0. The smallest absolute Gasteiger partial charge is 0.0623 e. The Kier molecular flexibility index (Phi) is 6.70. The summed E-state index contributed by atoms with van der Waals surface area (Å²) in [6.07, 6.45) is 2.21. The quantitative estimate of drug-likeness (QED) is 0.765. The van der Waals surface area contributed by atoms with E-state index < -0.39 is 0 Å².